The standard InChI is InChI=1S/C15H19N3O2/c19-13-7-3-4-10-18(13)17-15(20)14-12-6-2-1-5-11(12)8-9-16-14/h1-2,5-6,14,16H,3-4,7-10H2,(H,17,20)/t14-/m1/s1. The monoisotopic (exact) mass is 273 g/mol. The van der Waals surface area contributed by atoms with E-state index in [4.69, 9.17) is 0 Å². The molecule has 3 rings (SSSR count). The normalized spacial score (nSPS) is 22.3. The number of amides is 2. The van der Waals surface area contributed by atoms with Gasteiger partial charge in [0.05, 0.1) is 0 Å². The molecule has 1 saturated heterocycles. The van der Waals surface area contributed by atoms with Crippen molar-refractivity contribution in [1.29, 1.82) is 0 Å². The molecule has 0 aromatic heterocycles. The number of benzene rings is 1. The predicted octanol–water partition coefficient (Wildman–Crippen LogP) is 0.917. The Morgan fingerprint density at radius 2 is 2.10 bits per heavy atom. The van der Waals surface area contributed by atoms with Gasteiger partial charge in [-0.25, -0.2) is 0 Å². The third kappa shape index (κ3) is 2.54. The molecule has 0 radical (unpaired) electrons. The van der Waals surface area contributed by atoms with Crippen LogP contribution in [0.5, 0.6) is 0 Å². The molecule has 0 bridgehead atoms. The summed E-state index contributed by atoms with van der Waals surface area (Å²) < 4.78 is 0. The molecule has 0 unspecified atom stereocenters. The Bertz CT molecular complexity index is 530. The summed E-state index contributed by atoms with van der Waals surface area (Å²) in [5.74, 6) is -0.138. The molecule has 2 heterocycles. The van der Waals surface area contributed by atoms with Gasteiger partial charge in [-0.05, 0) is 30.4 Å². The largest absolute Gasteiger partial charge is 0.302 e. The number of hydrogen-bond donors (Lipinski definition) is 2. The first-order chi connectivity index (χ1) is 9.75. The zero-order chi connectivity index (χ0) is 13.9. The van der Waals surface area contributed by atoms with Gasteiger partial charge < -0.3 is 5.32 Å². The number of fused-ring (bicyclic) bond motifs is 1. The lowest BCUT2D eigenvalue weighted by molar-refractivity contribution is -0.144. The van der Waals surface area contributed by atoms with Crippen molar-refractivity contribution in [1.82, 2.24) is 15.8 Å². The molecule has 2 N–H and O–H groups in total. The van der Waals surface area contributed by atoms with Gasteiger partial charge in [-0.1, -0.05) is 24.3 Å². The average molecular weight is 273 g/mol. The Morgan fingerprint density at radius 3 is 2.95 bits per heavy atom. The first-order valence-electron chi connectivity index (χ1n) is 7.18. The van der Waals surface area contributed by atoms with Gasteiger partial charge in [0.2, 0.25) is 5.91 Å². The van der Waals surface area contributed by atoms with Crippen LogP contribution in [0.4, 0.5) is 0 Å². The van der Waals surface area contributed by atoms with Crippen molar-refractivity contribution in [2.75, 3.05) is 13.1 Å². The van der Waals surface area contributed by atoms with Crippen LogP contribution in [0.1, 0.15) is 36.4 Å². The van der Waals surface area contributed by atoms with E-state index in [1.165, 1.54) is 10.6 Å². The molecule has 5 nitrogen and oxygen atoms in total. The summed E-state index contributed by atoms with van der Waals surface area (Å²) in [6.07, 6.45) is 3.31. The molecular formula is C15H19N3O2. The molecule has 1 atom stereocenters. The summed E-state index contributed by atoms with van der Waals surface area (Å²) in [4.78, 5) is 24.2. The number of nitrogens with zero attached hydrogens (tertiary/aromatic N) is 1. The second kappa shape index (κ2) is 5.63. The highest BCUT2D eigenvalue weighted by Gasteiger charge is 2.28. The molecule has 1 aromatic carbocycles. The summed E-state index contributed by atoms with van der Waals surface area (Å²) in [6.45, 7) is 1.39. The zero-order valence-electron chi connectivity index (χ0n) is 11.4. The second-order valence-corrected chi connectivity index (χ2v) is 5.31. The third-order valence-corrected chi connectivity index (χ3v) is 3.94. The minimum absolute atomic E-state index is 0.00805. The van der Waals surface area contributed by atoms with Crippen LogP contribution in [0.25, 0.3) is 0 Å². The summed E-state index contributed by atoms with van der Waals surface area (Å²) in [7, 11) is 0. The maximum absolute atomic E-state index is 12.4. The van der Waals surface area contributed by atoms with Crippen LogP contribution in [-0.4, -0.2) is 29.9 Å². The number of nitrogens with one attached hydrogen (secondary N) is 2. The van der Waals surface area contributed by atoms with Crippen LogP contribution >= 0.6 is 0 Å². The van der Waals surface area contributed by atoms with Gasteiger partial charge in [0.1, 0.15) is 6.04 Å². The number of piperidine rings is 1. The predicted molar refractivity (Wildman–Crippen MR) is 74.6 cm³/mol. The number of carbonyl (C=O) groups excluding carboxylic acids is 2. The highest BCUT2D eigenvalue weighted by atomic mass is 16.2. The smallest absolute Gasteiger partial charge is 0.260 e. The molecule has 2 aliphatic heterocycles. The fraction of sp³-hybridized carbons (Fsp3) is 0.467. The van der Waals surface area contributed by atoms with Gasteiger partial charge >= 0.3 is 0 Å². The number of hydrazine groups is 1. The Labute approximate surface area is 118 Å². The van der Waals surface area contributed by atoms with E-state index in [9.17, 15) is 9.59 Å². The zero-order valence-corrected chi connectivity index (χ0v) is 11.4. The Kier molecular flexibility index (Phi) is 3.69. The Balaban J connectivity index is 1.73. The maximum Gasteiger partial charge on any atom is 0.260 e. The molecule has 2 amide bonds. The maximum atomic E-state index is 12.4. The van der Waals surface area contributed by atoms with E-state index in [1.54, 1.807) is 0 Å². The summed E-state index contributed by atoms with van der Waals surface area (Å²) >= 11 is 0. The molecule has 20 heavy (non-hydrogen) atoms. The van der Waals surface area contributed by atoms with E-state index in [0.29, 0.717) is 13.0 Å². The molecule has 2 aliphatic rings. The first-order valence-corrected chi connectivity index (χ1v) is 7.18. The van der Waals surface area contributed by atoms with E-state index in [-0.39, 0.29) is 17.9 Å². The molecule has 0 saturated carbocycles. The quantitative estimate of drug-likeness (QED) is 0.842. The molecule has 1 fully saturated rings. The van der Waals surface area contributed by atoms with Crippen molar-refractivity contribution in [3.05, 3.63) is 35.4 Å². The topological polar surface area (TPSA) is 61.4 Å². The average Bonchev–Trinajstić information content (AvgIpc) is 2.49. The summed E-state index contributed by atoms with van der Waals surface area (Å²) in [5, 5.41) is 4.69. The molecule has 5 heteroatoms. The Hall–Kier alpha value is -1.88. The molecule has 1 aromatic rings. The first kappa shape index (κ1) is 13.1. The van der Waals surface area contributed by atoms with E-state index >= 15 is 0 Å². The van der Waals surface area contributed by atoms with Gasteiger partial charge in [-0.2, -0.15) is 0 Å². The molecule has 0 aliphatic carbocycles. The summed E-state index contributed by atoms with van der Waals surface area (Å²) in [6, 6.07) is 7.60. The lowest BCUT2D eigenvalue weighted by atomic mass is 9.94. The minimum Gasteiger partial charge on any atom is -0.302 e. The number of rotatable bonds is 2. The van der Waals surface area contributed by atoms with Crippen molar-refractivity contribution in [3.63, 3.8) is 0 Å². The molecule has 106 valence electrons. The van der Waals surface area contributed by atoms with Gasteiger partial charge in [-0.3, -0.25) is 20.0 Å². The van der Waals surface area contributed by atoms with Crippen molar-refractivity contribution >= 4 is 11.8 Å². The number of hydrogen-bond acceptors (Lipinski definition) is 3. The van der Waals surface area contributed by atoms with Crippen molar-refractivity contribution in [2.45, 2.75) is 31.7 Å². The van der Waals surface area contributed by atoms with Crippen LogP contribution in [0.3, 0.4) is 0 Å². The number of carbonyl (C=O) groups is 2. The van der Waals surface area contributed by atoms with Gasteiger partial charge in [-0.15, -0.1) is 0 Å². The van der Waals surface area contributed by atoms with E-state index in [1.807, 2.05) is 18.2 Å². The van der Waals surface area contributed by atoms with Crippen LogP contribution in [0.15, 0.2) is 24.3 Å². The van der Waals surface area contributed by atoms with Gasteiger partial charge in [0.15, 0.2) is 0 Å². The van der Waals surface area contributed by atoms with E-state index in [2.05, 4.69) is 16.8 Å². The SMILES string of the molecule is O=C(NN1CCCCC1=O)[C@@H]1NCCc2ccccc21. The van der Waals surface area contributed by atoms with E-state index in [0.717, 1.165) is 31.4 Å². The van der Waals surface area contributed by atoms with Crippen molar-refractivity contribution in [3.8, 4) is 0 Å². The molecular weight excluding hydrogens is 254 g/mol. The lowest BCUT2D eigenvalue weighted by Gasteiger charge is -2.31. The summed E-state index contributed by atoms with van der Waals surface area (Å²) in [5.41, 5.74) is 4.98. The molecule has 0 spiro atoms. The minimum atomic E-state index is -0.366. The van der Waals surface area contributed by atoms with Gasteiger partial charge in [0, 0.05) is 19.5 Å². The highest BCUT2D eigenvalue weighted by molar-refractivity contribution is 5.87. The lowest BCUT2D eigenvalue weighted by Crippen LogP contribution is -2.52. The fourth-order valence-electron chi connectivity index (χ4n) is 2.86. The van der Waals surface area contributed by atoms with Crippen LogP contribution < -0.4 is 10.7 Å². The van der Waals surface area contributed by atoms with Gasteiger partial charge in [0.25, 0.3) is 5.91 Å². The second-order valence-electron chi connectivity index (χ2n) is 5.31. The van der Waals surface area contributed by atoms with Crippen molar-refractivity contribution < 1.29 is 9.59 Å². The highest BCUT2D eigenvalue weighted by Crippen LogP contribution is 2.23. The van der Waals surface area contributed by atoms with Crippen LogP contribution in [-0.2, 0) is 16.0 Å². The van der Waals surface area contributed by atoms with Crippen LogP contribution in [0.2, 0.25) is 0 Å². The van der Waals surface area contributed by atoms with Crippen LogP contribution in [0, 0.1) is 0 Å². The third-order valence-electron chi connectivity index (χ3n) is 3.94. The van der Waals surface area contributed by atoms with E-state index < -0.39 is 0 Å². The van der Waals surface area contributed by atoms with Crippen molar-refractivity contribution in [2.24, 2.45) is 0 Å². The Morgan fingerprint density at radius 1 is 1.25 bits per heavy atom. The fourth-order valence-corrected chi connectivity index (χ4v) is 2.86.